The topological polar surface area (TPSA) is 36.4 Å². The molecule has 0 fully saturated rings. The molecule has 0 saturated heterocycles. The van der Waals surface area contributed by atoms with Crippen LogP contribution in [0.4, 0.5) is 11.4 Å². The zero-order valence-electron chi connectivity index (χ0n) is 17.6. The Balaban J connectivity index is 1.67. The number of anilines is 2. The summed E-state index contributed by atoms with van der Waals surface area (Å²) in [6.07, 6.45) is 3.92. The average Bonchev–Trinajstić information content (AvgIpc) is 2.78. The Labute approximate surface area is 191 Å². The minimum Gasteiger partial charge on any atom is -0.378 e. The standard InChI is InChI=1S/C26H24BrN3O/c1-29(2)23-10-12-24(13-11-23)30(18-19-6-5-8-22(27)14-19)26(31)15-21-17-28-16-20-7-3-4-9-25(20)21/h3-14,16-17H,15,18H2,1-2H3. The summed E-state index contributed by atoms with van der Waals surface area (Å²) >= 11 is 3.53. The van der Waals surface area contributed by atoms with Crippen molar-refractivity contribution in [1.29, 1.82) is 0 Å². The molecule has 1 aromatic heterocycles. The quantitative estimate of drug-likeness (QED) is 0.352. The Morgan fingerprint density at radius 3 is 2.39 bits per heavy atom. The summed E-state index contributed by atoms with van der Waals surface area (Å²) < 4.78 is 0.999. The molecule has 0 saturated carbocycles. The van der Waals surface area contributed by atoms with Crippen LogP contribution >= 0.6 is 15.9 Å². The molecule has 3 aromatic carbocycles. The highest BCUT2D eigenvalue weighted by molar-refractivity contribution is 9.10. The van der Waals surface area contributed by atoms with Crippen LogP contribution in [0.25, 0.3) is 10.8 Å². The van der Waals surface area contributed by atoms with Crippen molar-refractivity contribution in [3.8, 4) is 0 Å². The van der Waals surface area contributed by atoms with Crippen molar-refractivity contribution in [3.05, 3.63) is 101 Å². The molecule has 31 heavy (non-hydrogen) atoms. The predicted octanol–water partition coefficient (Wildman–Crippen LogP) is 5.84. The molecule has 0 N–H and O–H groups in total. The Hall–Kier alpha value is -3.18. The number of halogens is 1. The van der Waals surface area contributed by atoms with Gasteiger partial charge in [-0.3, -0.25) is 9.78 Å². The molecule has 0 bridgehead atoms. The van der Waals surface area contributed by atoms with Crippen LogP contribution in [0.3, 0.4) is 0 Å². The number of carbonyl (C=O) groups excluding carboxylic acids is 1. The van der Waals surface area contributed by atoms with E-state index in [0.717, 1.165) is 37.7 Å². The number of aromatic nitrogens is 1. The largest absolute Gasteiger partial charge is 0.378 e. The zero-order valence-corrected chi connectivity index (χ0v) is 19.2. The van der Waals surface area contributed by atoms with Crippen LogP contribution in [0.15, 0.2) is 89.7 Å². The molecule has 0 atom stereocenters. The van der Waals surface area contributed by atoms with Crippen LogP contribution in [0.1, 0.15) is 11.1 Å². The summed E-state index contributed by atoms with van der Waals surface area (Å²) in [6.45, 7) is 0.498. The monoisotopic (exact) mass is 473 g/mol. The molecule has 4 aromatic rings. The van der Waals surface area contributed by atoms with Gasteiger partial charge in [0.15, 0.2) is 0 Å². The number of pyridine rings is 1. The fourth-order valence-electron chi connectivity index (χ4n) is 3.65. The van der Waals surface area contributed by atoms with Crippen molar-refractivity contribution < 1.29 is 4.79 Å². The lowest BCUT2D eigenvalue weighted by molar-refractivity contribution is -0.118. The lowest BCUT2D eigenvalue weighted by atomic mass is 10.0. The van der Waals surface area contributed by atoms with E-state index < -0.39 is 0 Å². The van der Waals surface area contributed by atoms with Gasteiger partial charge in [-0.15, -0.1) is 0 Å². The van der Waals surface area contributed by atoms with Gasteiger partial charge in [0.1, 0.15) is 0 Å². The molecule has 0 unspecified atom stereocenters. The third-order valence-corrected chi connectivity index (χ3v) is 5.79. The number of benzene rings is 3. The van der Waals surface area contributed by atoms with Crippen LogP contribution < -0.4 is 9.80 Å². The van der Waals surface area contributed by atoms with Gasteiger partial charge in [0.2, 0.25) is 5.91 Å². The number of fused-ring (bicyclic) bond motifs is 1. The summed E-state index contributed by atoms with van der Waals surface area (Å²) in [7, 11) is 4.01. The van der Waals surface area contributed by atoms with Crippen molar-refractivity contribution in [2.45, 2.75) is 13.0 Å². The maximum atomic E-state index is 13.5. The lowest BCUT2D eigenvalue weighted by Gasteiger charge is -2.24. The minimum absolute atomic E-state index is 0.0377. The Morgan fingerprint density at radius 1 is 0.903 bits per heavy atom. The van der Waals surface area contributed by atoms with Crippen molar-refractivity contribution in [2.75, 3.05) is 23.9 Å². The molecular weight excluding hydrogens is 450 g/mol. The Kier molecular flexibility index (Phi) is 6.33. The molecule has 1 heterocycles. The van der Waals surface area contributed by atoms with Crippen molar-refractivity contribution in [2.24, 2.45) is 0 Å². The number of rotatable bonds is 6. The van der Waals surface area contributed by atoms with E-state index in [1.54, 1.807) is 6.20 Å². The van der Waals surface area contributed by atoms with Crippen LogP contribution in [0.2, 0.25) is 0 Å². The molecule has 0 radical (unpaired) electrons. The van der Waals surface area contributed by atoms with E-state index in [2.05, 4.69) is 20.9 Å². The van der Waals surface area contributed by atoms with Gasteiger partial charge >= 0.3 is 0 Å². The molecule has 5 heteroatoms. The Morgan fingerprint density at radius 2 is 1.65 bits per heavy atom. The van der Waals surface area contributed by atoms with Crippen LogP contribution in [-0.4, -0.2) is 25.0 Å². The summed E-state index contributed by atoms with van der Waals surface area (Å²) in [5.74, 6) is 0.0377. The predicted molar refractivity (Wildman–Crippen MR) is 132 cm³/mol. The van der Waals surface area contributed by atoms with E-state index in [4.69, 9.17) is 0 Å². The van der Waals surface area contributed by atoms with E-state index in [0.29, 0.717) is 6.54 Å². The Bertz CT molecular complexity index is 1200. The highest BCUT2D eigenvalue weighted by Gasteiger charge is 2.18. The van der Waals surface area contributed by atoms with Gasteiger partial charge in [0.05, 0.1) is 13.0 Å². The second kappa shape index (κ2) is 9.31. The third kappa shape index (κ3) is 4.94. The molecule has 156 valence electrons. The van der Waals surface area contributed by atoms with Gasteiger partial charge in [-0.1, -0.05) is 52.3 Å². The summed E-state index contributed by atoms with van der Waals surface area (Å²) in [5, 5.41) is 2.11. The maximum absolute atomic E-state index is 13.5. The SMILES string of the molecule is CN(C)c1ccc(N(Cc2cccc(Br)c2)C(=O)Cc2cncc3ccccc23)cc1. The molecule has 1 amide bonds. The molecule has 0 aliphatic carbocycles. The van der Waals surface area contributed by atoms with Gasteiger partial charge in [0.25, 0.3) is 0 Å². The van der Waals surface area contributed by atoms with Gasteiger partial charge in [0, 0.05) is 47.7 Å². The summed E-state index contributed by atoms with van der Waals surface area (Å²) in [4.78, 5) is 21.8. The summed E-state index contributed by atoms with van der Waals surface area (Å²) in [6, 6.07) is 24.2. The summed E-state index contributed by atoms with van der Waals surface area (Å²) in [5.41, 5.74) is 3.98. The number of hydrogen-bond acceptors (Lipinski definition) is 3. The third-order valence-electron chi connectivity index (χ3n) is 5.30. The van der Waals surface area contributed by atoms with Gasteiger partial charge in [-0.2, -0.15) is 0 Å². The normalized spacial score (nSPS) is 10.8. The first-order chi connectivity index (χ1) is 15.0. The first-order valence-electron chi connectivity index (χ1n) is 10.1. The van der Waals surface area contributed by atoms with Crippen molar-refractivity contribution >= 4 is 44.0 Å². The van der Waals surface area contributed by atoms with Crippen LogP contribution in [0, 0.1) is 0 Å². The molecule has 0 spiro atoms. The van der Waals surface area contributed by atoms with E-state index >= 15 is 0 Å². The average molecular weight is 474 g/mol. The van der Waals surface area contributed by atoms with Crippen molar-refractivity contribution in [1.82, 2.24) is 4.98 Å². The highest BCUT2D eigenvalue weighted by Crippen LogP contribution is 2.25. The van der Waals surface area contributed by atoms with E-state index in [9.17, 15) is 4.79 Å². The van der Waals surface area contributed by atoms with E-state index in [-0.39, 0.29) is 12.3 Å². The van der Waals surface area contributed by atoms with Crippen LogP contribution in [0.5, 0.6) is 0 Å². The molecule has 4 rings (SSSR count). The number of nitrogens with zero attached hydrogens (tertiary/aromatic N) is 3. The molecule has 0 aliphatic rings. The number of amides is 1. The highest BCUT2D eigenvalue weighted by atomic mass is 79.9. The van der Waals surface area contributed by atoms with E-state index in [1.165, 1.54) is 0 Å². The number of hydrogen-bond donors (Lipinski definition) is 0. The lowest BCUT2D eigenvalue weighted by Crippen LogP contribution is -2.32. The van der Waals surface area contributed by atoms with E-state index in [1.807, 2.05) is 103 Å². The molecule has 0 aliphatic heterocycles. The number of carbonyl (C=O) groups is 1. The second-order valence-corrected chi connectivity index (χ2v) is 8.63. The molecule has 4 nitrogen and oxygen atoms in total. The fourth-order valence-corrected chi connectivity index (χ4v) is 4.10. The smallest absolute Gasteiger partial charge is 0.231 e. The van der Waals surface area contributed by atoms with Gasteiger partial charge < -0.3 is 9.80 Å². The fraction of sp³-hybridized carbons (Fsp3) is 0.154. The van der Waals surface area contributed by atoms with Gasteiger partial charge in [-0.25, -0.2) is 0 Å². The van der Waals surface area contributed by atoms with Gasteiger partial charge in [-0.05, 0) is 52.9 Å². The zero-order chi connectivity index (χ0) is 21.8. The van der Waals surface area contributed by atoms with Crippen LogP contribution in [-0.2, 0) is 17.8 Å². The first-order valence-corrected chi connectivity index (χ1v) is 10.9. The second-order valence-electron chi connectivity index (χ2n) is 7.72. The minimum atomic E-state index is 0.0377. The molecular formula is C26H24BrN3O. The van der Waals surface area contributed by atoms with Crippen molar-refractivity contribution in [3.63, 3.8) is 0 Å². The maximum Gasteiger partial charge on any atom is 0.231 e. The first kappa shape index (κ1) is 21.1.